The molecule has 0 aromatic heterocycles. The van der Waals surface area contributed by atoms with Crippen molar-refractivity contribution in [3.63, 3.8) is 0 Å². The summed E-state index contributed by atoms with van der Waals surface area (Å²) in [6.45, 7) is 0.223. The number of fused-ring (bicyclic) bond motifs is 1. The number of rotatable bonds is 5. The van der Waals surface area contributed by atoms with Gasteiger partial charge in [-0.05, 0) is 6.07 Å². The topological polar surface area (TPSA) is 165 Å². The second-order valence-corrected chi connectivity index (χ2v) is 4.26. The van der Waals surface area contributed by atoms with Crippen LogP contribution in [0.5, 0.6) is 0 Å². The van der Waals surface area contributed by atoms with Crippen molar-refractivity contribution in [1.29, 1.82) is 0 Å². The third-order valence-corrected chi connectivity index (χ3v) is 2.80. The van der Waals surface area contributed by atoms with Gasteiger partial charge >= 0.3 is 11.6 Å². The maximum Gasteiger partial charge on any atom is 0.373 e. The molecule has 0 saturated carbocycles. The molecule has 0 unspecified atom stereocenters. The van der Waals surface area contributed by atoms with E-state index >= 15 is 0 Å². The van der Waals surface area contributed by atoms with Crippen molar-refractivity contribution < 1.29 is 14.6 Å². The number of anilines is 2. The number of nitrogens with one attached hydrogen (secondary N) is 3. The van der Waals surface area contributed by atoms with Crippen LogP contribution in [0.25, 0.3) is 0 Å². The molecule has 1 aromatic carbocycles. The molecule has 0 atom stereocenters. The minimum Gasteiger partial charge on any atom is -0.345 e. The number of carbonyl (C=O) groups excluding carboxylic acids is 1. The number of benzene rings is 1. The zero-order valence-electron chi connectivity index (χ0n) is 11.2. The monoisotopic (exact) mass is 308 g/mol. The van der Waals surface area contributed by atoms with Crippen molar-refractivity contribution in [3.8, 4) is 0 Å². The molecule has 1 aliphatic heterocycles. The van der Waals surface area contributed by atoms with E-state index in [1.165, 1.54) is 18.2 Å². The maximum absolute atomic E-state index is 11.8. The fourth-order valence-corrected chi connectivity index (χ4v) is 1.83. The van der Waals surface area contributed by atoms with E-state index < -0.39 is 21.5 Å². The third-order valence-electron chi connectivity index (χ3n) is 2.80. The standard InChI is InChI=1S/C11H12N6O5/c12-3-4-13-11(18)9(17(21)22)10-14-7-2-1-6(16(19)20)5-8(7)15-10/h1-2,5,14-15H,3-4,12H2,(H,13,18)/b10-9-. The summed E-state index contributed by atoms with van der Waals surface area (Å²) in [5, 5.41) is 29.3. The van der Waals surface area contributed by atoms with Gasteiger partial charge in [-0.3, -0.25) is 25.0 Å². The molecule has 0 radical (unpaired) electrons. The number of hydrogen-bond donors (Lipinski definition) is 4. The molecule has 0 spiro atoms. The second kappa shape index (κ2) is 6.05. The summed E-state index contributed by atoms with van der Waals surface area (Å²) < 4.78 is 0. The molecule has 11 nitrogen and oxygen atoms in total. The molecule has 5 N–H and O–H groups in total. The van der Waals surface area contributed by atoms with Crippen molar-refractivity contribution in [2.75, 3.05) is 23.7 Å². The van der Waals surface area contributed by atoms with Crippen molar-refractivity contribution in [2.45, 2.75) is 0 Å². The molecule has 11 heteroatoms. The lowest BCUT2D eigenvalue weighted by atomic mass is 10.2. The van der Waals surface area contributed by atoms with Gasteiger partial charge in [0.2, 0.25) is 0 Å². The molecule has 0 aliphatic carbocycles. The molecular formula is C11H12N6O5. The van der Waals surface area contributed by atoms with E-state index in [-0.39, 0.29) is 30.3 Å². The van der Waals surface area contributed by atoms with Gasteiger partial charge in [0.1, 0.15) is 0 Å². The molecule has 22 heavy (non-hydrogen) atoms. The summed E-state index contributed by atoms with van der Waals surface area (Å²) in [4.78, 5) is 32.2. The molecule has 2 rings (SSSR count). The molecule has 0 bridgehead atoms. The normalized spacial score (nSPS) is 14.4. The van der Waals surface area contributed by atoms with Crippen LogP contribution in [0.15, 0.2) is 29.7 Å². The summed E-state index contributed by atoms with van der Waals surface area (Å²) in [7, 11) is 0. The first-order valence-corrected chi connectivity index (χ1v) is 6.13. The predicted octanol–water partition coefficient (Wildman–Crippen LogP) is -0.0471. The van der Waals surface area contributed by atoms with Crippen LogP contribution in [0, 0.1) is 20.2 Å². The van der Waals surface area contributed by atoms with Gasteiger partial charge in [-0.1, -0.05) is 0 Å². The van der Waals surface area contributed by atoms with Crippen LogP contribution >= 0.6 is 0 Å². The van der Waals surface area contributed by atoms with E-state index in [0.717, 1.165) is 0 Å². The number of carbonyl (C=O) groups is 1. The van der Waals surface area contributed by atoms with E-state index in [1.807, 2.05) is 0 Å². The Kier molecular flexibility index (Phi) is 4.18. The van der Waals surface area contributed by atoms with Crippen LogP contribution < -0.4 is 21.7 Å². The Hall–Kier alpha value is -3.21. The van der Waals surface area contributed by atoms with E-state index in [1.54, 1.807) is 0 Å². The lowest BCUT2D eigenvalue weighted by Crippen LogP contribution is -2.34. The summed E-state index contributed by atoms with van der Waals surface area (Å²) in [5.74, 6) is -1.07. The van der Waals surface area contributed by atoms with E-state index in [9.17, 15) is 25.0 Å². The average molecular weight is 308 g/mol. The van der Waals surface area contributed by atoms with Crippen LogP contribution in [0.4, 0.5) is 17.1 Å². The highest BCUT2D eigenvalue weighted by molar-refractivity contribution is 5.95. The molecule has 116 valence electrons. The number of nitrogens with two attached hydrogens (primary N) is 1. The number of nitrogens with zero attached hydrogens (tertiary/aromatic N) is 2. The van der Waals surface area contributed by atoms with Crippen molar-refractivity contribution >= 4 is 23.0 Å². The van der Waals surface area contributed by atoms with Crippen molar-refractivity contribution in [2.24, 2.45) is 5.73 Å². The summed E-state index contributed by atoms with van der Waals surface area (Å²) in [6, 6.07) is 3.85. The van der Waals surface area contributed by atoms with E-state index in [4.69, 9.17) is 5.73 Å². The van der Waals surface area contributed by atoms with Crippen LogP contribution in [0.1, 0.15) is 0 Å². The van der Waals surface area contributed by atoms with Crippen LogP contribution in [0.3, 0.4) is 0 Å². The molecule has 1 amide bonds. The van der Waals surface area contributed by atoms with Gasteiger partial charge < -0.3 is 21.7 Å². The zero-order valence-corrected chi connectivity index (χ0v) is 11.2. The Morgan fingerprint density at radius 2 is 1.91 bits per heavy atom. The molecule has 1 heterocycles. The van der Waals surface area contributed by atoms with Gasteiger partial charge in [0.05, 0.1) is 21.2 Å². The minimum atomic E-state index is -0.909. The SMILES string of the molecule is NCCNC(=O)/C(=C1\Nc2ccc([N+](=O)[O-])cc2N1)[N+](=O)[O-]. The average Bonchev–Trinajstić information content (AvgIpc) is 2.86. The molecular weight excluding hydrogens is 296 g/mol. The van der Waals surface area contributed by atoms with Crippen molar-refractivity contribution in [1.82, 2.24) is 5.32 Å². The second-order valence-electron chi connectivity index (χ2n) is 4.26. The minimum absolute atomic E-state index is 0.0852. The number of non-ortho nitro benzene ring substituents is 1. The lowest BCUT2D eigenvalue weighted by molar-refractivity contribution is -0.420. The van der Waals surface area contributed by atoms with E-state index in [2.05, 4.69) is 16.0 Å². The summed E-state index contributed by atoms with van der Waals surface area (Å²) in [6.07, 6.45) is 0. The molecule has 0 saturated heterocycles. The van der Waals surface area contributed by atoms with E-state index in [0.29, 0.717) is 5.69 Å². The Bertz CT molecular complexity index is 686. The Morgan fingerprint density at radius 3 is 2.50 bits per heavy atom. The highest BCUT2D eigenvalue weighted by atomic mass is 16.6. The zero-order chi connectivity index (χ0) is 16.3. The smallest absolute Gasteiger partial charge is 0.345 e. The number of amides is 1. The molecule has 1 aliphatic rings. The number of nitro benzene ring substituents is 1. The van der Waals surface area contributed by atoms with Gasteiger partial charge in [-0.2, -0.15) is 0 Å². The van der Waals surface area contributed by atoms with Gasteiger partial charge in [0.25, 0.3) is 5.69 Å². The number of nitro groups is 2. The highest BCUT2D eigenvalue weighted by Crippen LogP contribution is 2.34. The van der Waals surface area contributed by atoms with Crippen LogP contribution in [0.2, 0.25) is 0 Å². The van der Waals surface area contributed by atoms with Crippen LogP contribution in [-0.4, -0.2) is 28.8 Å². The van der Waals surface area contributed by atoms with Gasteiger partial charge in [-0.25, -0.2) is 0 Å². The Balaban J connectivity index is 2.33. The summed E-state index contributed by atoms with van der Waals surface area (Å²) >= 11 is 0. The van der Waals surface area contributed by atoms with Crippen molar-refractivity contribution in [3.05, 3.63) is 49.9 Å². The van der Waals surface area contributed by atoms with Gasteiger partial charge in [-0.15, -0.1) is 0 Å². The van der Waals surface area contributed by atoms with Gasteiger partial charge in [0, 0.05) is 25.2 Å². The summed E-state index contributed by atoms with van der Waals surface area (Å²) in [5.41, 5.74) is 4.99. The Morgan fingerprint density at radius 1 is 1.23 bits per heavy atom. The number of hydrogen-bond acceptors (Lipinski definition) is 8. The van der Waals surface area contributed by atoms with Gasteiger partial charge in [0.15, 0.2) is 5.82 Å². The molecule has 1 aromatic rings. The third kappa shape index (κ3) is 2.93. The molecule has 0 fully saturated rings. The predicted molar refractivity (Wildman–Crippen MR) is 76.4 cm³/mol. The largest absolute Gasteiger partial charge is 0.373 e. The lowest BCUT2D eigenvalue weighted by Gasteiger charge is -2.04. The first-order valence-electron chi connectivity index (χ1n) is 6.13. The van der Waals surface area contributed by atoms with Crippen LogP contribution in [-0.2, 0) is 4.79 Å². The fourth-order valence-electron chi connectivity index (χ4n) is 1.83. The Labute approximate surface area is 123 Å². The maximum atomic E-state index is 11.8. The highest BCUT2D eigenvalue weighted by Gasteiger charge is 2.32. The fraction of sp³-hybridized carbons (Fsp3) is 0.182. The quantitative estimate of drug-likeness (QED) is 0.334. The first-order chi connectivity index (χ1) is 10.4. The first kappa shape index (κ1) is 15.2.